The number of ketones is 1. The average molecular weight is 337 g/mol. The SMILES string of the molecule is C=C[C@@]1(C)C[C@]2(C(=O)OCC)C(=O)C(OCC)=N[C@@]21C(=O)OCC. The Morgan fingerprint density at radius 2 is 1.75 bits per heavy atom. The van der Waals surface area contributed by atoms with Gasteiger partial charge in [0.15, 0.2) is 11.0 Å². The van der Waals surface area contributed by atoms with E-state index in [4.69, 9.17) is 14.2 Å². The van der Waals surface area contributed by atoms with E-state index in [2.05, 4.69) is 11.6 Å². The van der Waals surface area contributed by atoms with Crippen LogP contribution in [0.2, 0.25) is 0 Å². The van der Waals surface area contributed by atoms with Crippen molar-refractivity contribution in [1.82, 2.24) is 0 Å². The van der Waals surface area contributed by atoms with Crippen molar-refractivity contribution in [2.24, 2.45) is 15.8 Å². The second-order valence-electron chi connectivity index (χ2n) is 6.03. The quantitative estimate of drug-likeness (QED) is 0.414. The number of ether oxygens (including phenoxy) is 3. The zero-order valence-electron chi connectivity index (χ0n) is 14.5. The molecule has 0 unspecified atom stereocenters. The summed E-state index contributed by atoms with van der Waals surface area (Å²) in [5.41, 5.74) is -4.39. The third-order valence-corrected chi connectivity index (χ3v) is 4.85. The molecule has 132 valence electrons. The number of aliphatic imine (C=N–C) groups is 1. The first-order chi connectivity index (χ1) is 11.3. The molecule has 1 fully saturated rings. The van der Waals surface area contributed by atoms with Crippen LogP contribution in [-0.2, 0) is 28.6 Å². The second-order valence-corrected chi connectivity index (χ2v) is 6.03. The van der Waals surface area contributed by atoms with E-state index in [0.29, 0.717) is 0 Å². The summed E-state index contributed by atoms with van der Waals surface area (Å²) in [6, 6.07) is 0. The predicted octanol–water partition coefficient (Wildman–Crippen LogP) is 1.45. The molecule has 7 nitrogen and oxygen atoms in total. The van der Waals surface area contributed by atoms with Crippen LogP contribution in [0.15, 0.2) is 17.6 Å². The van der Waals surface area contributed by atoms with E-state index >= 15 is 0 Å². The minimum absolute atomic E-state index is 0.0695. The van der Waals surface area contributed by atoms with Gasteiger partial charge in [0.2, 0.25) is 5.78 Å². The topological polar surface area (TPSA) is 91.3 Å². The van der Waals surface area contributed by atoms with Gasteiger partial charge in [0, 0.05) is 5.41 Å². The molecule has 0 aromatic carbocycles. The van der Waals surface area contributed by atoms with Gasteiger partial charge in [-0.2, -0.15) is 0 Å². The highest BCUT2D eigenvalue weighted by atomic mass is 16.5. The highest BCUT2D eigenvalue weighted by Crippen LogP contribution is 2.68. The van der Waals surface area contributed by atoms with Gasteiger partial charge in [-0.15, -0.1) is 6.58 Å². The van der Waals surface area contributed by atoms with Gasteiger partial charge in [-0.1, -0.05) is 13.0 Å². The monoisotopic (exact) mass is 337 g/mol. The maximum absolute atomic E-state index is 12.9. The van der Waals surface area contributed by atoms with Gasteiger partial charge in [-0.25, -0.2) is 9.79 Å². The number of carbonyl (C=O) groups is 3. The Balaban J connectivity index is 2.68. The van der Waals surface area contributed by atoms with Crippen LogP contribution in [0.4, 0.5) is 0 Å². The molecule has 1 saturated carbocycles. The fraction of sp³-hybridized carbons (Fsp3) is 0.647. The molecule has 1 aliphatic heterocycles. The molecule has 3 atom stereocenters. The van der Waals surface area contributed by atoms with E-state index in [1.54, 1.807) is 27.7 Å². The van der Waals surface area contributed by atoms with Gasteiger partial charge in [0.1, 0.15) is 0 Å². The van der Waals surface area contributed by atoms with E-state index < -0.39 is 34.1 Å². The Morgan fingerprint density at radius 1 is 1.17 bits per heavy atom. The normalized spacial score (nSPS) is 33.8. The van der Waals surface area contributed by atoms with Crippen LogP contribution in [0.1, 0.15) is 34.1 Å². The highest BCUT2D eigenvalue weighted by Gasteiger charge is 2.86. The first-order valence-corrected chi connectivity index (χ1v) is 8.06. The number of Topliss-reactive ketones (excluding diaryl/α,β-unsaturated/α-hetero) is 1. The molecule has 1 heterocycles. The molecule has 2 rings (SSSR count). The Hall–Kier alpha value is -2.18. The Kier molecular flexibility index (Phi) is 4.57. The van der Waals surface area contributed by atoms with Gasteiger partial charge in [-0.05, 0) is 27.2 Å². The second kappa shape index (κ2) is 6.03. The van der Waals surface area contributed by atoms with Gasteiger partial charge >= 0.3 is 11.9 Å². The molecule has 0 amide bonds. The summed E-state index contributed by atoms with van der Waals surface area (Å²) >= 11 is 0. The summed E-state index contributed by atoms with van der Waals surface area (Å²) in [7, 11) is 0. The van der Waals surface area contributed by atoms with Crippen LogP contribution in [0.5, 0.6) is 0 Å². The van der Waals surface area contributed by atoms with Crippen molar-refractivity contribution in [1.29, 1.82) is 0 Å². The molecule has 0 aromatic heterocycles. The maximum atomic E-state index is 12.9. The Bertz CT molecular complexity index is 627. The molecule has 1 aliphatic carbocycles. The molecular weight excluding hydrogens is 314 g/mol. The van der Waals surface area contributed by atoms with Crippen LogP contribution >= 0.6 is 0 Å². The van der Waals surface area contributed by atoms with Crippen molar-refractivity contribution in [3.63, 3.8) is 0 Å². The third-order valence-electron chi connectivity index (χ3n) is 4.85. The van der Waals surface area contributed by atoms with Gasteiger partial charge in [0.05, 0.1) is 19.8 Å². The minimum Gasteiger partial charge on any atom is -0.476 e. The molecule has 0 N–H and O–H groups in total. The van der Waals surface area contributed by atoms with E-state index in [9.17, 15) is 14.4 Å². The number of hydrogen-bond acceptors (Lipinski definition) is 7. The maximum Gasteiger partial charge on any atom is 0.336 e. The summed E-state index contributed by atoms with van der Waals surface area (Å²) in [6.45, 7) is 10.8. The summed E-state index contributed by atoms with van der Waals surface area (Å²) < 4.78 is 15.6. The largest absolute Gasteiger partial charge is 0.476 e. The summed E-state index contributed by atoms with van der Waals surface area (Å²) in [5, 5.41) is 0. The van der Waals surface area contributed by atoms with Crippen molar-refractivity contribution < 1.29 is 28.6 Å². The highest BCUT2D eigenvalue weighted by molar-refractivity contribution is 6.46. The molecule has 2 aliphatic rings. The summed E-state index contributed by atoms with van der Waals surface area (Å²) in [6.07, 6.45) is 1.60. The fourth-order valence-electron chi connectivity index (χ4n) is 3.75. The van der Waals surface area contributed by atoms with Crippen LogP contribution in [0, 0.1) is 10.8 Å². The number of esters is 2. The van der Waals surface area contributed by atoms with Crippen LogP contribution < -0.4 is 0 Å². The molecule has 0 saturated heterocycles. The zero-order valence-corrected chi connectivity index (χ0v) is 14.5. The minimum atomic E-state index is -1.75. The standard InChI is InChI=1S/C17H23NO6/c1-6-15(5)10-16(13(20)23-8-3)11(19)12(22-7-2)18-17(15,16)14(21)24-9-4/h6H,1,7-10H2,2-5H3/t15-,16+,17+/m0/s1. The molecule has 0 spiro atoms. The van der Waals surface area contributed by atoms with E-state index in [1.165, 1.54) is 6.08 Å². The predicted molar refractivity (Wildman–Crippen MR) is 85.4 cm³/mol. The molecular formula is C17H23NO6. The lowest BCUT2D eigenvalue weighted by Gasteiger charge is -2.59. The van der Waals surface area contributed by atoms with E-state index in [0.717, 1.165) is 0 Å². The van der Waals surface area contributed by atoms with Crippen LogP contribution in [0.3, 0.4) is 0 Å². The molecule has 24 heavy (non-hydrogen) atoms. The zero-order chi connectivity index (χ0) is 18.2. The number of fused-ring (bicyclic) bond motifs is 1. The molecule has 0 radical (unpaired) electrons. The number of rotatable bonds is 6. The van der Waals surface area contributed by atoms with Crippen LogP contribution in [0.25, 0.3) is 0 Å². The lowest BCUT2D eigenvalue weighted by molar-refractivity contribution is -0.199. The Morgan fingerprint density at radius 3 is 2.25 bits per heavy atom. The fourth-order valence-corrected chi connectivity index (χ4v) is 3.75. The number of nitrogens with zero attached hydrogens (tertiary/aromatic N) is 1. The van der Waals surface area contributed by atoms with Crippen molar-refractivity contribution in [3.05, 3.63) is 12.7 Å². The summed E-state index contributed by atoms with van der Waals surface area (Å²) in [5.74, 6) is -2.38. The lowest BCUT2D eigenvalue weighted by Crippen LogP contribution is -2.75. The number of hydrogen-bond donors (Lipinski definition) is 0. The smallest absolute Gasteiger partial charge is 0.336 e. The Labute approximate surface area is 141 Å². The van der Waals surface area contributed by atoms with Gasteiger partial charge < -0.3 is 14.2 Å². The van der Waals surface area contributed by atoms with Crippen LogP contribution in [-0.4, -0.2) is 49.0 Å². The van der Waals surface area contributed by atoms with Gasteiger partial charge in [0.25, 0.3) is 5.90 Å². The number of carbonyl (C=O) groups excluding carboxylic acids is 3. The molecule has 0 aromatic rings. The summed E-state index contributed by atoms with van der Waals surface area (Å²) in [4.78, 5) is 42.7. The average Bonchev–Trinajstić information content (AvgIpc) is 2.75. The first-order valence-electron chi connectivity index (χ1n) is 8.06. The molecule has 7 heteroatoms. The van der Waals surface area contributed by atoms with Crippen molar-refractivity contribution in [2.45, 2.75) is 39.7 Å². The van der Waals surface area contributed by atoms with Crippen molar-refractivity contribution in [3.8, 4) is 0 Å². The van der Waals surface area contributed by atoms with E-state index in [-0.39, 0.29) is 32.1 Å². The third kappa shape index (κ3) is 1.90. The van der Waals surface area contributed by atoms with Crippen molar-refractivity contribution >= 4 is 23.6 Å². The van der Waals surface area contributed by atoms with E-state index in [1.807, 2.05) is 0 Å². The van der Waals surface area contributed by atoms with Crippen molar-refractivity contribution in [2.75, 3.05) is 19.8 Å². The van der Waals surface area contributed by atoms with Gasteiger partial charge in [-0.3, -0.25) is 9.59 Å². The lowest BCUT2D eigenvalue weighted by atomic mass is 9.41. The first kappa shape index (κ1) is 18.2. The molecule has 0 bridgehead atoms.